The first-order valence-electron chi connectivity index (χ1n) is 3.46. The molecule has 1 rings (SSSR count). The predicted octanol–water partition coefficient (Wildman–Crippen LogP) is 2.08. The van der Waals surface area contributed by atoms with Gasteiger partial charge in [0.2, 0.25) is 0 Å². The average Bonchev–Trinajstić information content (AvgIpc) is 1.85. The lowest BCUT2D eigenvalue weighted by molar-refractivity contribution is 1.08. The van der Waals surface area contributed by atoms with E-state index < -0.39 is 0 Å². The third-order valence-corrected chi connectivity index (χ3v) is 1.43. The van der Waals surface area contributed by atoms with Crippen LogP contribution in [0.3, 0.4) is 0 Å². The van der Waals surface area contributed by atoms with Crippen molar-refractivity contribution < 1.29 is 0 Å². The highest BCUT2D eigenvalue weighted by Crippen LogP contribution is 2.04. The van der Waals surface area contributed by atoms with Gasteiger partial charge in [0.25, 0.3) is 0 Å². The Balaban J connectivity index is 3.06. The number of nitrogens with zero attached hydrogens (tertiary/aromatic N) is 1. The lowest BCUT2D eigenvalue weighted by Gasteiger charge is -1.99. The fourth-order valence-corrected chi connectivity index (χ4v) is 1.07. The van der Waals surface area contributed by atoms with Crippen LogP contribution in [-0.2, 0) is 6.42 Å². The first-order valence-corrected chi connectivity index (χ1v) is 3.46. The summed E-state index contributed by atoms with van der Waals surface area (Å²) in [5, 5.41) is 0. The Morgan fingerprint density at radius 1 is 1.30 bits per heavy atom. The Morgan fingerprint density at radius 2 is 1.80 bits per heavy atom. The van der Waals surface area contributed by atoms with Crippen LogP contribution in [0, 0.1) is 20.8 Å². The molecule has 0 saturated carbocycles. The lowest BCUT2D eigenvalue weighted by atomic mass is 10.1. The normalized spacial score (nSPS) is 9.90. The van der Waals surface area contributed by atoms with E-state index in [4.69, 9.17) is 0 Å². The minimum absolute atomic E-state index is 0.851. The van der Waals surface area contributed by atoms with Gasteiger partial charge >= 0.3 is 0 Å². The molecule has 10 heavy (non-hydrogen) atoms. The van der Waals surface area contributed by atoms with Crippen LogP contribution in [0.2, 0.25) is 0 Å². The molecular formula is C9H12N. The summed E-state index contributed by atoms with van der Waals surface area (Å²) < 4.78 is 0. The van der Waals surface area contributed by atoms with E-state index in [1.165, 1.54) is 5.56 Å². The van der Waals surface area contributed by atoms with Crippen LogP contribution >= 0.6 is 0 Å². The van der Waals surface area contributed by atoms with Gasteiger partial charge in [-0.15, -0.1) is 0 Å². The highest BCUT2D eigenvalue weighted by molar-refractivity contribution is 5.20. The molecule has 0 bridgehead atoms. The van der Waals surface area contributed by atoms with Crippen molar-refractivity contribution in [2.45, 2.75) is 20.3 Å². The molecule has 53 valence electrons. The topological polar surface area (TPSA) is 12.9 Å². The average molecular weight is 134 g/mol. The highest BCUT2D eigenvalue weighted by atomic mass is 14.7. The van der Waals surface area contributed by atoms with E-state index >= 15 is 0 Å². The molecule has 0 aliphatic heterocycles. The number of rotatable bonds is 1. The summed E-state index contributed by atoms with van der Waals surface area (Å²) in [6.45, 7) is 7.82. The molecule has 1 nitrogen and oxygen atoms in total. The molecule has 0 atom stereocenters. The van der Waals surface area contributed by atoms with Gasteiger partial charge in [0.1, 0.15) is 0 Å². The first kappa shape index (κ1) is 7.26. The Hall–Kier alpha value is -0.850. The summed E-state index contributed by atoms with van der Waals surface area (Å²) >= 11 is 0. The molecule has 0 amide bonds. The molecular weight excluding hydrogens is 122 g/mol. The van der Waals surface area contributed by atoms with Crippen LogP contribution in [0.15, 0.2) is 12.1 Å². The lowest BCUT2D eigenvalue weighted by Crippen LogP contribution is -1.89. The van der Waals surface area contributed by atoms with Crippen LogP contribution in [-0.4, -0.2) is 4.98 Å². The zero-order valence-electron chi connectivity index (χ0n) is 6.52. The van der Waals surface area contributed by atoms with Crippen molar-refractivity contribution in [3.63, 3.8) is 0 Å². The fourth-order valence-electron chi connectivity index (χ4n) is 1.07. The second kappa shape index (κ2) is 2.82. The van der Waals surface area contributed by atoms with Gasteiger partial charge in [-0.3, -0.25) is 4.98 Å². The quantitative estimate of drug-likeness (QED) is 0.573. The second-order valence-corrected chi connectivity index (χ2v) is 2.51. The maximum Gasteiger partial charge on any atom is 0.0378 e. The number of aromatic nitrogens is 1. The van der Waals surface area contributed by atoms with Gasteiger partial charge in [-0.25, -0.2) is 0 Å². The third-order valence-electron chi connectivity index (χ3n) is 1.43. The molecule has 0 aliphatic rings. The number of hydrogen-bond acceptors (Lipinski definition) is 1. The van der Waals surface area contributed by atoms with Crippen LogP contribution in [0.25, 0.3) is 0 Å². The smallest absolute Gasteiger partial charge is 0.0378 e. The monoisotopic (exact) mass is 134 g/mol. The Morgan fingerprint density at radius 3 is 2.20 bits per heavy atom. The molecule has 0 aromatic carbocycles. The summed E-state index contributed by atoms with van der Waals surface area (Å²) in [5.41, 5.74) is 3.43. The van der Waals surface area contributed by atoms with Crippen LogP contribution < -0.4 is 0 Å². The van der Waals surface area contributed by atoms with Crippen LogP contribution in [0.1, 0.15) is 17.0 Å². The van der Waals surface area contributed by atoms with E-state index in [-0.39, 0.29) is 0 Å². The summed E-state index contributed by atoms with van der Waals surface area (Å²) in [6.07, 6.45) is 0.851. The van der Waals surface area contributed by atoms with Gasteiger partial charge in [-0.05, 0) is 44.9 Å². The predicted molar refractivity (Wildman–Crippen MR) is 42.8 cm³/mol. The largest absolute Gasteiger partial charge is 0.258 e. The molecule has 0 spiro atoms. The fraction of sp³-hybridized carbons (Fsp3) is 0.333. The van der Waals surface area contributed by atoms with E-state index in [0.717, 1.165) is 17.8 Å². The Kier molecular flexibility index (Phi) is 2.05. The van der Waals surface area contributed by atoms with E-state index in [2.05, 4.69) is 24.0 Å². The minimum atomic E-state index is 0.851. The maximum atomic E-state index is 4.25. The molecule has 0 unspecified atom stereocenters. The molecule has 1 aromatic heterocycles. The van der Waals surface area contributed by atoms with Gasteiger partial charge in [0.05, 0.1) is 0 Å². The van der Waals surface area contributed by atoms with Gasteiger partial charge < -0.3 is 0 Å². The van der Waals surface area contributed by atoms with E-state index in [0.29, 0.717) is 0 Å². The standard InChI is InChI=1S/C9H12N/c1-4-9-5-7(2)10-8(3)6-9/h5-6H,1,4H2,2-3H3. The summed E-state index contributed by atoms with van der Waals surface area (Å²) in [4.78, 5) is 4.25. The number of pyridine rings is 1. The third kappa shape index (κ3) is 1.56. The van der Waals surface area contributed by atoms with E-state index in [9.17, 15) is 0 Å². The molecule has 0 fully saturated rings. The SMILES string of the molecule is [CH2]Cc1cc(C)nc(C)c1. The number of hydrogen-bond donors (Lipinski definition) is 0. The Bertz CT molecular complexity index is 208. The molecule has 1 heterocycles. The van der Waals surface area contributed by atoms with E-state index in [1.807, 2.05) is 13.8 Å². The van der Waals surface area contributed by atoms with Crippen molar-refractivity contribution in [2.24, 2.45) is 0 Å². The first-order chi connectivity index (χ1) is 4.72. The molecule has 1 heteroatoms. The minimum Gasteiger partial charge on any atom is -0.258 e. The van der Waals surface area contributed by atoms with E-state index in [1.54, 1.807) is 0 Å². The van der Waals surface area contributed by atoms with Crippen molar-refractivity contribution in [1.82, 2.24) is 4.98 Å². The summed E-state index contributed by atoms with van der Waals surface area (Å²) in [6, 6.07) is 4.14. The van der Waals surface area contributed by atoms with Gasteiger partial charge in [-0.2, -0.15) is 0 Å². The van der Waals surface area contributed by atoms with Crippen LogP contribution in [0.4, 0.5) is 0 Å². The Labute approximate surface area is 62.1 Å². The van der Waals surface area contributed by atoms with Crippen molar-refractivity contribution >= 4 is 0 Å². The maximum absolute atomic E-state index is 4.25. The number of aryl methyl sites for hydroxylation is 2. The second-order valence-electron chi connectivity index (χ2n) is 2.51. The van der Waals surface area contributed by atoms with Crippen molar-refractivity contribution in [3.05, 3.63) is 36.0 Å². The van der Waals surface area contributed by atoms with Gasteiger partial charge in [0.15, 0.2) is 0 Å². The molecule has 0 N–H and O–H groups in total. The van der Waals surface area contributed by atoms with Crippen molar-refractivity contribution in [3.8, 4) is 0 Å². The van der Waals surface area contributed by atoms with Crippen molar-refractivity contribution in [2.75, 3.05) is 0 Å². The summed E-state index contributed by atoms with van der Waals surface area (Å²) in [7, 11) is 0. The highest BCUT2D eigenvalue weighted by Gasteiger charge is 1.92. The molecule has 1 radical (unpaired) electrons. The van der Waals surface area contributed by atoms with Gasteiger partial charge in [0, 0.05) is 11.4 Å². The summed E-state index contributed by atoms with van der Waals surface area (Å²) in [5.74, 6) is 0. The zero-order chi connectivity index (χ0) is 7.56. The zero-order valence-corrected chi connectivity index (χ0v) is 6.52. The van der Waals surface area contributed by atoms with Crippen molar-refractivity contribution in [1.29, 1.82) is 0 Å². The molecule has 1 aromatic rings. The molecule has 0 saturated heterocycles. The molecule has 0 aliphatic carbocycles. The van der Waals surface area contributed by atoms with Crippen LogP contribution in [0.5, 0.6) is 0 Å². The van der Waals surface area contributed by atoms with Gasteiger partial charge in [-0.1, -0.05) is 0 Å².